The van der Waals surface area contributed by atoms with Crippen molar-refractivity contribution in [1.82, 2.24) is 5.32 Å². The van der Waals surface area contributed by atoms with Crippen LogP contribution in [0.15, 0.2) is 18.2 Å². The Bertz CT molecular complexity index is 432. The van der Waals surface area contributed by atoms with E-state index in [9.17, 15) is 4.79 Å². The molecule has 1 unspecified atom stereocenters. The van der Waals surface area contributed by atoms with E-state index in [1.54, 1.807) is 18.2 Å². The maximum atomic E-state index is 11.8. The van der Waals surface area contributed by atoms with Gasteiger partial charge in [-0.05, 0) is 37.0 Å². The number of nitrogens with one attached hydrogen (secondary N) is 1. The Morgan fingerprint density at radius 1 is 1.41 bits per heavy atom. The first kappa shape index (κ1) is 13.0. The number of hydrogen-bond acceptors (Lipinski definition) is 1. The Kier molecular flexibility index (Phi) is 4.18. The van der Waals surface area contributed by atoms with Gasteiger partial charge in [-0.15, -0.1) is 11.6 Å². The van der Waals surface area contributed by atoms with Crippen LogP contribution in [-0.4, -0.2) is 17.8 Å². The zero-order chi connectivity index (χ0) is 12.4. The molecule has 1 amide bonds. The maximum absolute atomic E-state index is 11.8. The minimum atomic E-state index is -0.210. The predicted octanol–water partition coefficient (Wildman–Crippen LogP) is 3.74. The van der Waals surface area contributed by atoms with Gasteiger partial charge < -0.3 is 5.32 Å². The molecule has 1 saturated carbocycles. The van der Waals surface area contributed by atoms with Gasteiger partial charge in [0, 0.05) is 11.6 Å². The molecule has 0 bridgehead atoms. The van der Waals surface area contributed by atoms with Gasteiger partial charge in [-0.1, -0.05) is 23.2 Å². The van der Waals surface area contributed by atoms with Crippen molar-refractivity contribution in [3.8, 4) is 0 Å². The molecule has 0 spiro atoms. The van der Waals surface area contributed by atoms with Crippen LogP contribution < -0.4 is 5.32 Å². The number of rotatable bonds is 4. The Morgan fingerprint density at radius 3 is 2.71 bits per heavy atom. The van der Waals surface area contributed by atoms with Crippen molar-refractivity contribution >= 4 is 40.7 Å². The summed E-state index contributed by atoms with van der Waals surface area (Å²) in [5, 5.41) is 3.67. The molecular weight excluding hydrogens is 280 g/mol. The molecule has 1 N–H and O–H groups in total. The Morgan fingerprint density at radius 2 is 2.12 bits per heavy atom. The first-order valence-electron chi connectivity index (χ1n) is 5.45. The van der Waals surface area contributed by atoms with Gasteiger partial charge >= 0.3 is 0 Å². The van der Waals surface area contributed by atoms with Crippen molar-refractivity contribution in [3.63, 3.8) is 0 Å². The summed E-state index contributed by atoms with van der Waals surface area (Å²) in [7, 11) is 0. The van der Waals surface area contributed by atoms with Gasteiger partial charge in [-0.3, -0.25) is 4.79 Å². The molecule has 0 radical (unpaired) electrons. The average molecular weight is 293 g/mol. The summed E-state index contributed by atoms with van der Waals surface area (Å²) in [5.74, 6) is 0.343. The smallest absolute Gasteiger partial charge is 0.252 e. The van der Waals surface area contributed by atoms with E-state index in [0.717, 1.165) is 12.8 Å². The molecule has 1 atom stereocenters. The summed E-state index contributed by atoms with van der Waals surface area (Å²) < 4.78 is 0. The molecule has 0 aliphatic heterocycles. The molecule has 1 aromatic rings. The topological polar surface area (TPSA) is 29.1 Å². The molecule has 17 heavy (non-hydrogen) atoms. The van der Waals surface area contributed by atoms with Gasteiger partial charge in [0.2, 0.25) is 0 Å². The second kappa shape index (κ2) is 5.47. The van der Waals surface area contributed by atoms with Gasteiger partial charge in [0.15, 0.2) is 0 Å². The molecule has 92 valence electrons. The van der Waals surface area contributed by atoms with Crippen LogP contribution in [0.4, 0.5) is 0 Å². The van der Waals surface area contributed by atoms with E-state index < -0.39 is 0 Å². The molecule has 5 heteroatoms. The SMILES string of the molecule is O=C(NCC(Cl)C1CC1)c1ccc(Cl)cc1Cl. The van der Waals surface area contributed by atoms with Crippen LogP contribution in [0.1, 0.15) is 23.2 Å². The molecule has 0 aromatic heterocycles. The standard InChI is InChI=1S/C12H12Cl3NO/c13-8-3-4-9(10(14)5-8)12(17)16-6-11(15)7-1-2-7/h3-5,7,11H,1-2,6H2,(H,16,17). The Hall–Kier alpha value is -0.440. The third-order valence-corrected chi connectivity index (χ3v) is 3.83. The maximum Gasteiger partial charge on any atom is 0.252 e. The fourth-order valence-electron chi connectivity index (χ4n) is 1.58. The molecule has 1 fully saturated rings. The van der Waals surface area contributed by atoms with Crippen LogP contribution in [0.5, 0.6) is 0 Å². The zero-order valence-electron chi connectivity index (χ0n) is 9.05. The summed E-state index contributed by atoms with van der Waals surface area (Å²) in [6.45, 7) is 0.476. The van der Waals surface area contributed by atoms with Crippen LogP contribution >= 0.6 is 34.8 Å². The van der Waals surface area contributed by atoms with E-state index in [0.29, 0.717) is 28.1 Å². The van der Waals surface area contributed by atoms with Gasteiger partial charge in [-0.25, -0.2) is 0 Å². The van der Waals surface area contributed by atoms with E-state index in [-0.39, 0.29) is 11.3 Å². The van der Waals surface area contributed by atoms with Crippen molar-refractivity contribution in [2.45, 2.75) is 18.2 Å². The van der Waals surface area contributed by atoms with Crippen LogP contribution in [0.3, 0.4) is 0 Å². The lowest BCUT2D eigenvalue weighted by atomic mass is 10.2. The molecule has 1 aliphatic carbocycles. The van der Waals surface area contributed by atoms with Gasteiger partial charge in [0.1, 0.15) is 0 Å². The summed E-state index contributed by atoms with van der Waals surface area (Å²) in [6.07, 6.45) is 2.32. The van der Waals surface area contributed by atoms with E-state index in [1.165, 1.54) is 0 Å². The summed E-state index contributed by atoms with van der Waals surface area (Å²) in [4.78, 5) is 11.8. The lowest BCUT2D eigenvalue weighted by molar-refractivity contribution is 0.0953. The first-order valence-corrected chi connectivity index (χ1v) is 6.64. The summed E-state index contributed by atoms with van der Waals surface area (Å²) in [5.41, 5.74) is 0.427. The normalized spacial score (nSPS) is 16.6. The van der Waals surface area contributed by atoms with Gasteiger partial charge in [-0.2, -0.15) is 0 Å². The lowest BCUT2D eigenvalue weighted by Crippen LogP contribution is -2.30. The van der Waals surface area contributed by atoms with Crippen LogP contribution in [0.2, 0.25) is 10.0 Å². The molecule has 0 saturated heterocycles. The second-order valence-electron chi connectivity index (χ2n) is 4.19. The largest absolute Gasteiger partial charge is 0.350 e. The van der Waals surface area contributed by atoms with Crippen molar-refractivity contribution in [2.75, 3.05) is 6.54 Å². The molecule has 0 heterocycles. The van der Waals surface area contributed by atoms with E-state index in [1.807, 2.05) is 0 Å². The number of carbonyl (C=O) groups is 1. The number of alkyl halides is 1. The average Bonchev–Trinajstić information content (AvgIpc) is 3.09. The Labute approximate surface area is 115 Å². The molecule has 2 rings (SSSR count). The van der Waals surface area contributed by atoms with Crippen LogP contribution in [-0.2, 0) is 0 Å². The third kappa shape index (κ3) is 3.51. The Balaban J connectivity index is 1.94. The number of halogens is 3. The third-order valence-electron chi connectivity index (χ3n) is 2.77. The highest BCUT2D eigenvalue weighted by Gasteiger charge is 2.29. The highest BCUT2D eigenvalue weighted by Crippen LogP contribution is 2.35. The number of benzene rings is 1. The fourth-order valence-corrected chi connectivity index (χ4v) is 2.41. The van der Waals surface area contributed by atoms with Crippen molar-refractivity contribution in [2.24, 2.45) is 5.92 Å². The van der Waals surface area contributed by atoms with Crippen molar-refractivity contribution in [1.29, 1.82) is 0 Å². The minimum absolute atomic E-state index is 0.0185. The molecule has 1 aliphatic rings. The number of hydrogen-bond donors (Lipinski definition) is 1. The monoisotopic (exact) mass is 291 g/mol. The van der Waals surface area contributed by atoms with E-state index >= 15 is 0 Å². The quantitative estimate of drug-likeness (QED) is 0.842. The molecule has 2 nitrogen and oxygen atoms in total. The minimum Gasteiger partial charge on any atom is -0.350 e. The van der Waals surface area contributed by atoms with Crippen LogP contribution in [0, 0.1) is 5.92 Å². The lowest BCUT2D eigenvalue weighted by Gasteiger charge is -2.10. The number of amides is 1. The predicted molar refractivity (Wildman–Crippen MR) is 71.2 cm³/mol. The summed E-state index contributed by atoms with van der Waals surface area (Å²) in [6, 6.07) is 4.80. The molecule has 1 aromatic carbocycles. The van der Waals surface area contributed by atoms with Gasteiger partial charge in [0.25, 0.3) is 5.91 Å². The second-order valence-corrected chi connectivity index (χ2v) is 5.59. The van der Waals surface area contributed by atoms with Crippen molar-refractivity contribution in [3.05, 3.63) is 33.8 Å². The van der Waals surface area contributed by atoms with E-state index in [2.05, 4.69) is 5.32 Å². The van der Waals surface area contributed by atoms with E-state index in [4.69, 9.17) is 34.8 Å². The fraction of sp³-hybridized carbons (Fsp3) is 0.417. The van der Waals surface area contributed by atoms with Crippen LogP contribution in [0.25, 0.3) is 0 Å². The number of carbonyl (C=O) groups excluding carboxylic acids is 1. The molecular formula is C12H12Cl3NO. The van der Waals surface area contributed by atoms with Gasteiger partial charge in [0.05, 0.1) is 16.0 Å². The first-order chi connectivity index (χ1) is 8.08. The zero-order valence-corrected chi connectivity index (χ0v) is 11.3. The highest BCUT2D eigenvalue weighted by atomic mass is 35.5. The highest BCUT2D eigenvalue weighted by molar-refractivity contribution is 6.36. The van der Waals surface area contributed by atoms with Crippen molar-refractivity contribution < 1.29 is 4.79 Å². The summed E-state index contributed by atoms with van der Waals surface area (Å²) >= 11 is 17.8.